The summed E-state index contributed by atoms with van der Waals surface area (Å²) < 4.78 is 5.78. The van der Waals surface area contributed by atoms with E-state index in [1.54, 1.807) is 0 Å². The number of ether oxygens (including phenoxy) is 1. The predicted molar refractivity (Wildman–Crippen MR) is 76.2 cm³/mol. The second-order valence-electron chi connectivity index (χ2n) is 4.64. The van der Waals surface area contributed by atoms with E-state index >= 15 is 0 Å². The van der Waals surface area contributed by atoms with E-state index < -0.39 is 0 Å². The van der Waals surface area contributed by atoms with Gasteiger partial charge in [-0.3, -0.25) is 4.79 Å². The first-order valence-corrected chi connectivity index (χ1v) is 6.87. The van der Waals surface area contributed by atoms with Crippen LogP contribution in [-0.2, 0) is 16.1 Å². The minimum absolute atomic E-state index is 0.136. The number of hydrogen-bond acceptors (Lipinski definition) is 3. The van der Waals surface area contributed by atoms with Crippen LogP contribution >= 0.6 is 15.9 Å². The van der Waals surface area contributed by atoms with Crippen LogP contribution in [0.25, 0.3) is 0 Å². The number of rotatable bonds is 6. The van der Waals surface area contributed by atoms with Crippen molar-refractivity contribution in [1.82, 2.24) is 5.32 Å². The number of esters is 1. The molecule has 0 amide bonds. The topological polar surface area (TPSA) is 38.3 Å². The smallest absolute Gasteiger partial charge is 0.307 e. The zero-order valence-corrected chi connectivity index (χ0v) is 12.7. The molecular weight excluding hydrogens is 294 g/mol. The molecule has 0 saturated carbocycles. The van der Waals surface area contributed by atoms with E-state index in [9.17, 15) is 4.79 Å². The van der Waals surface area contributed by atoms with Gasteiger partial charge in [0, 0.05) is 17.1 Å². The Morgan fingerprint density at radius 1 is 1.44 bits per heavy atom. The van der Waals surface area contributed by atoms with Crippen LogP contribution in [0.2, 0.25) is 0 Å². The van der Waals surface area contributed by atoms with Crippen LogP contribution in [0.5, 0.6) is 0 Å². The van der Waals surface area contributed by atoms with Gasteiger partial charge in [0.1, 0.15) is 0 Å². The molecule has 0 aliphatic heterocycles. The van der Waals surface area contributed by atoms with Gasteiger partial charge in [-0.15, -0.1) is 0 Å². The van der Waals surface area contributed by atoms with Crippen molar-refractivity contribution < 1.29 is 9.53 Å². The molecule has 1 rings (SSSR count). The number of carbonyl (C=O) groups is 1. The largest absolute Gasteiger partial charge is 0.469 e. The number of methoxy groups -OCH3 is 1. The van der Waals surface area contributed by atoms with Gasteiger partial charge >= 0.3 is 5.97 Å². The fourth-order valence-electron chi connectivity index (χ4n) is 1.70. The van der Waals surface area contributed by atoms with Gasteiger partial charge in [0.15, 0.2) is 0 Å². The van der Waals surface area contributed by atoms with E-state index in [0.717, 1.165) is 11.0 Å². The molecule has 0 heterocycles. The van der Waals surface area contributed by atoms with Gasteiger partial charge in [-0.25, -0.2) is 0 Å². The number of benzene rings is 1. The lowest BCUT2D eigenvalue weighted by Crippen LogP contribution is -2.35. The number of hydrogen-bond donors (Lipinski definition) is 1. The van der Waals surface area contributed by atoms with Crippen molar-refractivity contribution in [1.29, 1.82) is 0 Å². The summed E-state index contributed by atoms with van der Waals surface area (Å²) in [6.45, 7) is 4.95. The van der Waals surface area contributed by atoms with Crippen LogP contribution in [0.15, 0.2) is 28.7 Å². The first kappa shape index (κ1) is 15.2. The van der Waals surface area contributed by atoms with Gasteiger partial charge in [0.05, 0.1) is 13.5 Å². The van der Waals surface area contributed by atoms with Gasteiger partial charge in [-0.2, -0.15) is 0 Å². The number of nitrogens with one attached hydrogen (secondary N) is 1. The summed E-state index contributed by atoms with van der Waals surface area (Å²) in [4.78, 5) is 11.3. The summed E-state index contributed by atoms with van der Waals surface area (Å²) >= 11 is 3.45. The summed E-state index contributed by atoms with van der Waals surface area (Å²) in [5.74, 6) is 0.215. The lowest BCUT2D eigenvalue weighted by Gasteiger charge is -2.21. The molecule has 1 aromatic rings. The summed E-state index contributed by atoms with van der Waals surface area (Å²) in [6, 6.07) is 8.27. The number of halogens is 1. The fourth-order valence-corrected chi connectivity index (χ4v) is 2.15. The zero-order chi connectivity index (χ0) is 13.5. The molecule has 4 heteroatoms. The maximum atomic E-state index is 11.3. The molecule has 18 heavy (non-hydrogen) atoms. The Balaban J connectivity index is 2.54. The highest BCUT2D eigenvalue weighted by Gasteiger charge is 2.17. The van der Waals surface area contributed by atoms with E-state index in [1.165, 1.54) is 12.7 Å². The molecule has 0 aliphatic carbocycles. The highest BCUT2D eigenvalue weighted by atomic mass is 79.9. The highest BCUT2D eigenvalue weighted by Crippen LogP contribution is 2.13. The molecule has 1 unspecified atom stereocenters. The van der Waals surface area contributed by atoms with Gasteiger partial charge in [0.2, 0.25) is 0 Å². The van der Waals surface area contributed by atoms with Gasteiger partial charge in [-0.05, 0) is 23.6 Å². The summed E-state index contributed by atoms with van der Waals surface area (Å²) in [5.41, 5.74) is 1.19. The maximum absolute atomic E-state index is 11.3. The maximum Gasteiger partial charge on any atom is 0.307 e. The minimum atomic E-state index is -0.171. The summed E-state index contributed by atoms with van der Waals surface area (Å²) in [6.07, 6.45) is 0.405. The van der Waals surface area contributed by atoms with E-state index in [0.29, 0.717) is 12.3 Å². The number of carbonyl (C=O) groups excluding carboxylic acids is 1. The highest BCUT2D eigenvalue weighted by molar-refractivity contribution is 9.10. The molecule has 0 fully saturated rings. The summed E-state index contributed by atoms with van der Waals surface area (Å²) in [7, 11) is 1.42. The quantitative estimate of drug-likeness (QED) is 0.820. The van der Waals surface area contributed by atoms with Crippen molar-refractivity contribution in [3.05, 3.63) is 34.3 Å². The lowest BCUT2D eigenvalue weighted by molar-refractivity contribution is -0.141. The van der Waals surface area contributed by atoms with Crippen LogP contribution in [0.4, 0.5) is 0 Å². The Labute approximate surface area is 117 Å². The lowest BCUT2D eigenvalue weighted by atomic mass is 10.0. The molecule has 0 spiro atoms. The monoisotopic (exact) mass is 313 g/mol. The van der Waals surface area contributed by atoms with Crippen LogP contribution in [0, 0.1) is 5.92 Å². The molecule has 1 atom stereocenters. The second kappa shape index (κ2) is 7.54. The Hall–Kier alpha value is -0.870. The van der Waals surface area contributed by atoms with E-state index in [2.05, 4.69) is 47.2 Å². The van der Waals surface area contributed by atoms with Crippen LogP contribution in [0.1, 0.15) is 25.8 Å². The fraction of sp³-hybridized carbons (Fsp3) is 0.500. The first-order valence-electron chi connectivity index (χ1n) is 6.07. The van der Waals surface area contributed by atoms with Crippen molar-refractivity contribution in [2.45, 2.75) is 32.9 Å². The first-order chi connectivity index (χ1) is 8.52. The molecule has 100 valence electrons. The van der Waals surface area contributed by atoms with Crippen molar-refractivity contribution >= 4 is 21.9 Å². The third-order valence-corrected chi connectivity index (χ3v) is 3.37. The molecule has 0 saturated heterocycles. The standard InChI is InChI=1S/C14H20BrNO2/c1-10(2)13(8-14(17)18-3)16-9-11-5-4-6-12(15)7-11/h4-7,10,13,16H,8-9H2,1-3H3. The average Bonchev–Trinajstić information content (AvgIpc) is 2.33. The zero-order valence-electron chi connectivity index (χ0n) is 11.1. The third kappa shape index (κ3) is 5.19. The molecule has 0 aliphatic rings. The van der Waals surface area contributed by atoms with Crippen LogP contribution < -0.4 is 5.32 Å². The Morgan fingerprint density at radius 2 is 2.17 bits per heavy atom. The van der Waals surface area contributed by atoms with Gasteiger partial charge in [-0.1, -0.05) is 41.9 Å². The SMILES string of the molecule is COC(=O)CC(NCc1cccc(Br)c1)C(C)C. The van der Waals surface area contributed by atoms with Crippen molar-refractivity contribution in [2.75, 3.05) is 7.11 Å². The molecule has 0 radical (unpaired) electrons. The molecule has 1 N–H and O–H groups in total. The minimum Gasteiger partial charge on any atom is -0.469 e. The van der Waals surface area contributed by atoms with Crippen molar-refractivity contribution in [3.63, 3.8) is 0 Å². The van der Waals surface area contributed by atoms with Crippen LogP contribution in [-0.4, -0.2) is 19.1 Å². The van der Waals surface area contributed by atoms with Gasteiger partial charge in [0.25, 0.3) is 0 Å². The Kier molecular flexibility index (Phi) is 6.36. The average molecular weight is 314 g/mol. The second-order valence-corrected chi connectivity index (χ2v) is 5.56. The van der Waals surface area contributed by atoms with Crippen molar-refractivity contribution in [3.8, 4) is 0 Å². The predicted octanol–water partition coefficient (Wildman–Crippen LogP) is 3.13. The molecular formula is C14H20BrNO2. The molecule has 1 aromatic carbocycles. The van der Waals surface area contributed by atoms with E-state index in [1.807, 2.05) is 12.1 Å². The van der Waals surface area contributed by atoms with E-state index in [-0.39, 0.29) is 12.0 Å². The normalized spacial score (nSPS) is 12.5. The Morgan fingerprint density at radius 3 is 2.72 bits per heavy atom. The Bertz CT molecular complexity index is 393. The molecule has 0 bridgehead atoms. The van der Waals surface area contributed by atoms with E-state index in [4.69, 9.17) is 4.74 Å². The third-order valence-electron chi connectivity index (χ3n) is 2.88. The van der Waals surface area contributed by atoms with Gasteiger partial charge < -0.3 is 10.1 Å². The molecule has 3 nitrogen and oxygen atoms in total. The molecule has 0 aromatic heterocycles. The van der Waals surface area contributed by atoms with Crippen molar-refractivity contribution in [2.24, 2.45) is 5.92 Å². The summed E-state index contributed by atoms with van der Waals surface area (Å²) in [5, 5.41) is 3.41. The van der Waals surface area contributed by atoms with Crippen LogP contribution in [0.3, 0.4) is 0 Å².